The highest BCUT2D eigenvalue weighted by molar-refractivity contribution is 8.18. The van der Waals surface area contributed by atoms with Gasteiger partial charge in [0.25, 0.3) is 27.1 Å². The fourth-order valence-corrected chi connectivity index (χ4v) is 6.11. The van der Waals surface area contributed by atoms with Crippen LogP contribution in [0.3, 0.4) is 0 Å². The molecule has 37 heavy (non-hydrogen) atoms. The summed E-state index contributed by atoms with van der Waals surface area (Å²) in [5.74, 6) is -1.60. The first-order chi connectivity index (χ1) is 17.5. The summed E-state index contributed by atoms with van der Waals surface area (Å²) in [5, 5.41) is 12.1. The fourth-order valence-electron chi connectivity index (χ4n) is 3.92. The Morgan fingerprint density at radius 1 is 0.973 bits per heavy atom. The normalized spacial score (nSPS) is 17.2. The Morgan fingerprint density at radius 2 is 1.73 bits per heavy atom. The summed E-state index contributed by atoms with van der Waals surface area (Å²) >= 11 is 12.7. The molecule has 1 fully saturated rings. The second-order valence-electron chi connectivity index (χ2n) is 7.99. The van der Waals surface area contributed by atoms with Crippen molar-refractivity contribution in [3.63, 3.8) is 0 Å². The number of amides is 3. The van der Waals surface area contributed by atoms with E-state index in [4.69, 9.17) is 23.2 Å². The van der Waals surface area contributed by atoms with Gasteiger partial charge in [-0.3, -0.25) is 24.4 Å². The molecule has 0 bridgehead atoms. The van der Waals surface area contributed by atoms with Crippen LogP contribution in [0.25, 0.3) is 5.57 Å². The second kappa shape index (κ2) is 9.42. The van der Waals surface area contributed by atoms with E-state index in [9.17, 15) is 27.9 Å². The van der Waals surface area contributed by atoms with E-state index in [2.05, 4.69) is 10.0 Å². The number of rotatable bonds is 5. The second-order valence-corrected chi connectivity index (χ2v) is 11.5. The largest absolute Gasteiger partial charge is 0.506 e. The summed E-state index contributed by atoms with van der Waals surface area (Å²) < 4.78 is 28.5. The number of anilines is 2. The van der Waals surface area contributed by atoms with Crippen molar-refractivity contribution in [3.05, 3.63) is 86.7 Å². The monoisotopic (exact) mass is 575 g/mol. The minimum absolute atomic E-state index is 0.0322. The average molecular weight is 576 g/mol. The Balaban J connectivity index is 1.61. The Hall–Kier alpha value is -3.51. The van der Waals surface area contributed by atoms with Crippen molar-refractivity contribution in [1.82, 2.24) is 5.32 Å². The summed E-state index contributed by atoms with van der Waals surface area (Å²) in [7, 11) is -4.20. The van der Waals surface area contributed by atoms with Gasteiger partial charge in [0, 0.05) is 5.56 Å². The molecule has 0 aliphatic carbocycles. The number of sulfonamides is 1. The highest BCUT2D eigenvalue weighted by Gasteiger charge is 2.40. The van der Waals surface area contributed by atoms with Gasteiger partial charge in [-0.2, -0.15) is 0 Å². The average Bonchev–Trinajstić information content (AvgIpc) is 3.31. The number of carbonyl (C=O) groups excluding carboxylic acids is 3. The van der Waals surface area contributed by atoms with Gasteiger partial charge < -0.3 is 10.0 Å². The first-order valence-electron chi connectivity index (χ1n) is 10.5. The zero-order valence-corrected chi connectivity index (χ0v) is 21.6. The van der Waals surface area contributed by atoms with Crippen molar-refractivity contribution in [1.29, 1.82) is 0 Å². The SMILES string of the molecule is O=C1NC(=O)C(=C2C(=O)N(Cc3ccc(Cl)c(Cl)c3)c3ccc(S(=O)(=O)Nc4ccccc4O)cc32)S1. The van der Waals surface area contributed by atoms with E-state index >= 15 is 0 Å². The van der Waals surface area contributed by atoms with Crippen LogP contribution in [0, 0.1) is 0 Å². The van der Waals surface area contributed by atoms with Crippen LogP contribution in [-0.2, 0) is 26.2 Å². The Kier molecular flexibility index (Phi) is 6.40. The predicted molar refractivity (Wildman–Crippen MR) is 141 cm³/mol. The molecule has 2 heterocycles. The number of halogens is 2. The zero-order valence-electron chi connectivity index (χ0n) is 18.5. The fraction of sp³-hybridized carbons (Fsp3) is 0.0417. The Labute approximate surface area is 225 Å². The third-order valence-electron chi connectivity index (χ3n) is 5.61. The molecule has 1 saturated heterocycles. The molecule has 13 heteroatoms. The number of benzene rings is 3. The van der Waals surface area contributed by atoms with Crippen molar-refractivity contribution in [2.24, 2.45) is 0 Å². The molecule has 0 radical (unpaired) electrons. The number of phenols is 1. The zero-order chi connectivity index (χ0) is 26.5. The van der Waals surface area contributed by atoms with Gasteiger partial charge in [-0.25, -0.2) is 8.42 Å². The number of nitrogens with one attached hydrogen (secondary N) is 2. The van der Waals surface area contributed by atoms with Crippen LogP contribution in [0.5, 0.6) is 5.75 Å². The third-order valence-corrected chi connectivity index (χ3v) is 8.60. The molecule has 0 atom stereocenters. The number of nitrogens with zero attached hydrogens (tertiary/aromatic N) is 1. The van der Waals surface area contributed by atoms with Gasteiger partial charge in [0.1, 0.15) is 5.75 Å². The number of thioether (sulfide) groups is 1. The Morgan fingerprint density at radius 3 is 2.41 bits per heavy atom. The van der Waals surface area contributed by atoms with Gasteiger partial charge in [-0.15, -0.1) is 0 Å². The molecule has 3 aromatic rings. The Bertz CT molecular complexity index is 1660. The predicted octanol–water partition coefficient (Wildman–Crippen LogP) is 4.74. The molecule has 0 saturated carbocycles. The first kappa shape index (κ1) is 25.2. The van der Waals surface area contributed by atoms with Crippen LogP contribution in [0.1, 0.15) is 11.1 Å². The maximum absolute atomic E-state index is 13.6. The third kappa shape index (κ3) is 4.66. The van der Waals surface area contributed by atoms with Gasteiger partial charge in [0.2, 0.25) is 0 Å². The number of hydrogen-bond donors (Lipinski definition) is 3. The van der Waals surface area contributed by atoms with E-state index in [0.717, 1.165) is 0 Å². The number of phenolic OH excluding ortho intramolecular Hbond substituents is 1. The molecular formula is C24H15Cl2N3O6S2. The first-order valence-corrected chi connectivity index (χ1v) is 13.6. The molecule has 5 rings (SSSR count). The smallest absolute Gasteiger partial charge is 0.290 e. The molecular weight excluding hydrogens is 561 g/mol. The van der Waals surface area contributed by atoms with Gasteiger partial charge in [0.15, 0.2) is 0 Å². The molecule has 0 aromatic heterocycles. The van der Waals surface area contributed by atoms with Crippen LogP contribution < -0.4 is 14.9 Å². The van der Waals surface area contributed by atoms with Crippen LogP contribution in [-0.4, -0.2) is 30.6 Å². The number of hydrogen-bond acceptors (Lipinski definition) is 7. The minimum atomic E-state index is -4.20. The van der Waals surface area contributed by atoms with E-state index in [1.54, 1.807) is 30.3 Å². The highest BCUT2D eigenvalue weighted by atomic mass is 35.5. The van der Waals surface area contributed by atoms with Crippen molar-refractivity contribution < 1.29 is 27.9 Å². The topological polar surface area (TPSA) is 133 Å². The molecule has 3 N–H and O–H groups in total. The van der Waals surface area contributed by atoms with Gasteiger partial charge in [-0.1, -0.05) is 41.4 Å². The van der Waals surface area contributed by atoms with Crippen molar-refractivity contribution >= 4 is 79.0 Å². The summed E-state index contributed by atoms with van der Waals surface area (Å²) in [6.07, 6.45) is 0. The quantitative estimate of drug-likeness (QED) is 0.295. The highest BCUT2D eigenvalue weighted by Crippen LogP contribution is 2.44. The van der Waals surface area contributed by atoms with Gasteiger partial charge in [0.05, 0.1) is 43.3 Å². The summed E-state index contributed by atoms with van der Waals surface area (Å²) in [6, 6.07) is 14.7. The molecule has 0 unspecified atom stereocenters. The molecule has 2 aliphatic heterocycles. The van der Waals surface area contributed by atoms with Gasteiger partial charge in [-0.05, 0) is 59.8 Å². The molecule has 3 aromatic carbocycles. The molecule has 3 amide bonds. The van der Waals surface area contributed by atoms with E-state index in [0.29, 0.717) is 28.0 Å². The maximum Gasteiger partial charge on any atom is 0.290 e. The standard InChI is InChI=1S/C24H15Cl2N3O6S2/c25-15-7-5-12(9-16(15)26)11-29-18-8-6-13(37(34,35)28-17-3-1-2-4-19(17)30)10-14(18)20(23(29)32)21-22(31)27-24(33)36-21/h1-10,28,30H,11H2,(H,27,31,33). The van der Waals surface area contributed by atoms with Crippen LogP contribution in [0.2, 0.25) is 10.0 Å². The number of imide groups is 1. The van der Waals surface area contributed by atoms with Crippen molar-refractivity contribution in [2.75, 3.05) is 9.62 Å². The van der Waals surface area contributed by atoms with Crippen LogP contribution in [0.4, 0.5) is 16.2 Å². The van der Waals surface area contributed by atoms with Crippen molar-refractivity contribution in [3.8, 4) is 5.75 Å². The lowest BCUT2D eigenvalue weighted by atomic mass is 10.1. The number of para-hydroxylation sites is 2. The number of fused-ring (bicyclic) bond motifs is 1. The van der Waals surface area contributed by atoms with Crippen LogP contribution in [0.15, 0.2) is 70.5 Å². The maximum atomic E-state index is 13.6. The number of carbonyl (C=O) groups is 3. The lowest BCUT2D eigenvalue weighted by Crippen LogP contribution is -2.26. The summed E-state index contributed by atoms with van der Waals surface area (Å²) in [5.41, 5.74) is 1.01. The molecule has 188 valence electrons. The lowest BCUT2D eigenvalue weighted by Gasteiger charge is -2.18. The van der Waals surface area contributed by atoms with E-state index in [1.165, 1.54) is 35.2 Å². The molecule has 0 spiro atoms. The van der Waals surface area contributed by atoms with Crippen molar-refractivity contribution in [2.45, 2.75) is 11.4 Å². The lowest BCUT2D eigenvalue weighted by molar-refractivity contribution is -0.116. The minimum Gasteiger partial charge on any atom is -0.506 e. The molecule has 2 aliphatic rings. The van der Waals surface area contributed by atoms with Crippen LogP contribution >= 0.6 is 35.0 Å². The number of aromatic hydroxyl groups is 1. The van der Waals surface area contributed by atoms with E-state index < -0.39 is 27.1 Å². The molecule has 9 nitrogen and oxygen atoms in total. The summed E-state index contributed by atoms with van der Waals surface area (Å²) in [6.45, 7) is 0.0436. The summed E-state index contributed by atoms with van der Waals surface area (Å²) in [4.78, 5) is 38.9. The van der Waals surface area contributed by atoms with E-state index in [-0.39, 0.29) is 43.9 Å². The van der Waals surface area contributed by atoms with Gasteiger partial charge >= 0.3 is 0 Å². The van der Waals surface area contributed by atoms with E-state index in [1.807, 2.05) is 0 Å².